The van der Waals surface area contributed by atoms with Crippen LogP contribution in [0.3, 0.4) is 0 Å². The Morgan fingerprint density at radius 3 is 2.27 bits per heavy atom. The van der Waals surface area contributed by atoms with Crippen LogP contribution in [0.2, 0.25) is 0 Å². The molecule has 0 radical (unpaired) electrons. The van der Waals surface area contributed by atoms with Gasteiger partial charge in [0.1, 0.15) is 5.75 Å². The van der Waals surface area contributed by atoms with E-state index in [4.69, 9.17) is 4.74 Å². The van der Waals surface area contributed by atoms with Crippen LogP contribution in [0.25, 0.3) is 0 Å². The molecule has 1 N–H and O–H groups in total. The first kappa shape index (κ1) is 16.1. The summed E-state index contributed by atoms with van der Waals surface area (Å²) in [6, 6.07) is 13.6. The van der Waals surface area contributed by atoms with Crippen molar-refractivity contribution >= 4 is 11.6 Å². The molecule has 0 saturated heterocycles. The molecule has 0 aliphatic rings. The molecule has 3 nitrogen and oxygen atoms in total. The molecule has 0 bridgehead atoms. The Balaban J connectivity index is 2.24. The van der Waals surface area contributed by atoms with Crippen molar-refractivity contribution < 1.29 is 9.53 Å². The first-order valence-electron chi connectivity index (χ1n) is 7.38. The summed E-state index contributed by atoms with van der Waals surface area (Å²) in [4.78, 5) is 12.7. The summed E-state index contributed by atoms with van der Waals surface area (Å²) >= 11 is 0. The van der Waals surface area contributed by atoms with Crippen LogP contribution in [-0.4, -0.2) is 13.0 Å². The Labute approximate surface area is 132 Å². The lowest BCUT2D eigenvalue weighted by Gasteiger charge is -2.25. The van der Waals surface area contributed by atoms with Crippen LogP contribution in [-0.2, 0) is 10.2 Å². The van der Waals surface area contributed by atoms with Gasteiger partial charge in [0.2, 0.25) is 5.91 Å². The maximum absolute atomic E-state index is 12.7. The number of hydrogen-bond acceptors (Lipinski definition) is 2. The third-order valence-electron chi connectivity index (χ3n) is 4.23. The molecule has 0 fully saturated rings. The normalized spacial score (nSPS) is 11.1. The fourth-order valence-corrected chi connectivity index (χ4v) is 2.30. The van der Waals surface area contributed by atoms with E-state index in [1.807, 2.05) is 70.2 Å². The monoisotopic (exact) mass is 297 g/mol. The molecule has 0 aliphatic heterocycles. The van der Waals surface area contributed by atoms with Crippen molar-refractivity contribution in [3.8, 4) is 5.75 Å². The third kappa shape index (κ3) is 3.14. The maximum Gasteiger partial charge on any atom is 0.234 e. The number of ether oxygens (including phenoxy) is 1. The van der Waals surface area contributed by atoms with Gasteiger partial charge in [-0.25, -0.2) is 0 Å². The summed E-state index contributed by atoms with van der Waals surface area (Å²) in [5.74, 6) is 0.765. The van der Waals surface area contributed by atoms with E-state index in [1.54, 1.807) is 7.11 Å². The van der Waals surface area contributed by atoms with Crippen LogP contribution in [0.15, 0.2) is 42.5 Å². The van der Waals surface area contributed by atoms with Crippen LogP contribution in [0.5, 0.6) is 5.75 Å². The average molecular weight is 297 g/mol. The summed E-state index contributed by atoms with van der Waals surface area (Å²) in [5.41, 5.74) is 3.46. The standard InChI is InChI=1S/C19H23NO2/c1-13-7-6-8-17(14(13)2)20-18(21)19(3,4)15-9-11-16(22-5)12-10-15/h6-12H,1-5H3,(H,20,21). The molecule has 116 valence electrons. The van der Waals surface area contributed by atoms with Crippen LogP contribution in [0, 0.1) is 13.8 Å². The van der Waals surface area contributed by atoms with Gasteiger partial charge in [-0.3, -0.25) is 4.79 Å². The lowest BCUT2D eigenvalue weighted by molar-refractivity contribution is -0.120. The lowest BCUT2D eigenvalue weighted by Crippen LogP contribution is -2.34. The number of aryl methyl sites for hydroxylation is 1. The Morgan fingerprint density at radius 1 is 1.05 bits per heavy atom. The average Bonchev–Trinajstić information content (AvgIpc) is 2.51. The van der Waals surface area contributed by atoms with E-state index in [9.17, 15) is 4.79 Å². The van der Waals surface area contributed by atoms with Gasteiger partial charge >= 0.3 is 0 Å². The van der Waals surface area contributed by atoms with Gasteiger partial charge in [-0.15, -0.1) is 0 Å². The largest absolute Gasteiger partial charge is 0.497 e. The first-order chi connectivity index (χ1) is 10.4. The molecule has 2 aromatic rings. The SMILES string of the molecule is COc1ccc(C(C)(C)C(=O)Nc2cccc(C)c2C)cc1. The minimum Gasteiger partial charge on any atom is -0.497 e. The number of rotatable bonds is 4. The number of nitrogens with one attached hydrogen (secondary N) is 1. The third-order valence-corrected chi connectivity index (χ3v) is 4.23. The summed E-state index contributed by atoms with van der Waals surface area (Å²) in [5, 5.41) is 3.05. The van der Waals surface area contributed by atoms with Gasteiger partial charge in [-0.1, -0.05) is 24.3 Å². The van der Waals surface area contributed by atoms with Gasteiger partial charge in [0.15, 0.2) is 0 Å². The molecule has 0 spiro atoms. The second-order valence-corrected chi connectivity index (χ2v) is 6.06. The van der Waals surface area contributed by atoms with Crippen molar-refractivity contribution in [3.05, 3.63) is 59.2 Å². The van der Waals surface area contributed by atoms with Crippen molar-refractivity contribution in [1.29, 1.82) is 0 Å². The summed E-state index contributed by atoms with van der Waals surface area (Å²) in [6.45, 7) is 7.91. The molecule has 3 heteroatoms. The number of carbonyl (C=O) groups excluding carboxylic acids is 1. The number of amides is 1. The molecular formula is C19H23NO2. The highest BCUT2D eigenvalue weighted by atomic mass is 16.5. The zero-order chi connectivity index (χ0) is 16.3. The quantitative estimate of drug-likeness (QED) is 0.917. The Kier molecular flexibility index (Phi) is 4.55. The van der Waals surface area contributed by atoms with Crippen molar-refractivity contribution in [2.45, 2.75) is 33.1 Å². The zero-order valence-corrected chi connectivity index (χ0v) is 13.9. The highest BCUT2D eigenvalue weighted by Gasteiger charge is 2.30. The molecule has 0 unspecified atom stereocenters. The lowest BCUT2D eigenvalue weighted by atomic mass is 9.83. The van der Waals surface area contributed by atoms with E-state index in [0.717, 1.165) is 22.6 Å². The van der Waals surface area contributed by atoms with Crippen molar-refractivity contribution in [1.82, 2.24) is 0 Å². The van der Waals surface area contributed by atoms with Crippen LogP contribution < -0.4 is 10.1 Å². The molecule has 2 rings (SSSR count). The number of benzene rings is 2. The fraction of sp³-hybridized carbons (Fsp3) is 0.316. The van der Waals surface area contributed by atoms with Crippen LogP contribution in [0.4, 0.5) is 5.69 Å². The van der Waals surface area contributed by atoms with E-state index >= 15 is 0 Å². The summed E-state index contributed by atoms with van der Waals surface area (Å²) in [6.07, 6.45) is 0. The van der Waals surface area contributed by atoms with Gasteiger partial charge in [0.05, 0.1) is 12.5 Å². The minimum atomic E-state index is -0.623. The van der Waals surface area contributed by atoms with Crippen LogP contribution >= 0.6 is 0 Å². The van der Waals surface area contributed by atoms with Crippen molar-refractivity contribution in [3.63, 3.8) is 0 Å². The molecule has 22 heavy (non-hydrogen) atoms. The molecule has 1 amide bonds. The molecule has 0 atom stereocenters. The van der Waals surface area contributed by atoms with E-state index in [2.05, 4.69) is 5.32 Å². The molecule has 2 aromatic carbocycles. The van der Waals surface area contributed by atoms with Gasteiger partial charge < -0.3 is 10.1 Å². The second-order valence-electron chi connectivity index (χ2n) is 6.06. The van der Waals surface area contributed by atoms with Crippen molar-refractivity contribution in [2.24, 2.45) is 0 Å². The maximum atomic E-state index is 12.7. The van der Waals surface area contributed by atoms with Gasteiger partial charge in [0.25, 0.3) is 0 Å². The fourth-order valence-electron chi connectivity index (χ4n) is 2.30. The highest BCUT2D eigenvalue weighted by Crippen LogP contribution is 2.28. The van der Waals surface area contributed by atoms with Crippen molar-refractivity contribution in [2.75, 3.05) is 12.4 Å². The number of hydrogen-bond donors (Lipinski definition) is 1. The second kappa shape index (κ2) is 6.22. The summed E-state index contributed by atoms with van der Waals surface area (Å²) < 4.78 is 5.17. The predicted octanol–water partition coefficient (Wildman–Crippen LogP) is 4.23. The van der Waals surface area contributed by atoms with E-state index in [-0.39, 0.29) is 5.91 Å². The Morgan fingerprint density at radius 2 is 1.68 bits per heavy atom. The number of anilines is 1. The van der Waals surface area contributed by atoms with E-state index in [0.29, 0.717) is 0 Å². The topological polar surface area (TPSA) is 38.3 Å². The predicted molar refractivity (Wildman–Crippen MR) is 90.6 cm³/mol. The van der Waals surface area contributed by atoms with Gasteiger partial charge in [-0.2, -0.15) is 0 Å². The molecule has 0 aliphatic carbocycles. The number of carbonyl (C=O) groups is 1. The van der Waals surface area contributed by atoms with E-state index < -0.39 is 5.41 Å². The summed E-state index contributed by atoms with van der Waals surface area (Å²) in [7, 11) is 1.63. The van der Waals surface area contributed by atoms with Gasteiger partial charge in [0, 0.05) is 5.69 Å². The Bertz CT molecular complexity index is 672. The molecule has 0 heterocycles. The number of methoxy groups -OCH3 is 1. The molecular weight excluding hydrogens is 274 g/mol. The highest BCUT2D eigenvalue weighted by molar-refractivity contribution is 5.99. The van der Waals surface area contributed by atoms with Crippen LogP contribution in [0.1, 0.15) is 30.5 Å². The zero-order valence-electron chi connectivity index (χ0n) is 13.9. The molecule has 0 aromatic heterocycles. The van der Waals surface area contributed by atoms with E-state index in [1.165, 1.54) is 5.56 Å². The minimum absolute atomic E-state index is 0.0219. The van der Waals surface area contributed by atoms with Gasteiger partial charge in [-0.05, 0) is 62.6 Å². The molecule has 0 saturated carbocycles. The smallest absolute Gasteiger partial charge is 0.234 e. The Hall–Kier alpha value is -2.29. The first-order valence-corrected chi connectivity index (χ1v) is 7.38.